The van der Waals surface area contributed by atoms with Crippen molar-refractivity contribution in [1.29, 1.82) is 0 Å². The molecule has 2 unspecified atom stereocenters. The number of carbonyl (C=O) groups is 3. The molecule has 188 valence electrons. The molecule has 10 nitrogen and oxygen atoms in total. The second kappa shape index (κ2) is 8.35. The fraction of sp³-hybridized carbons (Fsp3) is 0.458. The molecular weight excluding hydrogens is 461 g/mol. The Hall–Kier alpha value is -3.44. The number of allylic oxidation sites excluding steroid dienone is 1. The Kier molecular flexibility index (Phi) is 5.89. The summed E-state index contributed by atoms with van der Waals surface area (Å²) in [5.74, 6) is -7.07. The van der Waals surface area contributed by atoms with Crippen molar-refractivity contribution in [2.45, 2.75) is 37.5 Å². The SMILES string of the molecule is CC(CF)Nc1ccc(O)c2c1C[C@H]1C[C@H]3C(N(C)C)C(O)=C(C(N)=O)C(=O)[C@@]3(O)C(O)=C1C2=O. The van der Waals surface area contributed by atoms with Crippen LogP contribution in [0.5, 0.6) is 5.75 Å². The van der Waals surface area contributed by atoms with Crippen LogP contribution in [0.4, 0.5) is 10.1 Å². The number of rotatable bonds is 5. The van der Waals surface area contributed by atoms with Crippen LogP contribution in [0, 0.1) is 11.8 Å². The Morgan fingerprint density at radius 3 is 2.51 bits per heavy atom. The molecule has 0 saturated carbocycles. The van der Waals surface area contributed by atoms with Crippen molar-refractivity contribution >= 4 is 23.2 Å². The van der Waals surface area contributed by atoms with Crippen molar-refractivity contribution in [2.75, 3.05) is 26.1 Å². The van der Waals surface area contributed by atoms with Gasteiger partial charge >= 0.3 is 0 Å². The molecule has 1 amide bonds. The Balaban J connectivity index is 1.92. The van der Waals surface area contributed by atoms with Crippen molar-refractivity contribution in [3.05, 3.63) is 45.9 Å². The summed E-state index contributed by atoms with van der Waals surface area (Å²) in [6.45, 7) is 0.942. The third kappa shape index (κ3) is 3.41. The molecule has 3 aliphatic rings. The molecule has 11 heteroatoms. The molecule has 4 rings (SSSR count). The zero-order valence-corrected chi connectivity index (χ0v) is 19.5. The minimum Gasteiger partial charge on any atom is -0.510 e. The van der Waals surface area contributed by atoms with Gasteiger partial charge in [0.25, 0.3) is 5.91 Å². The van der Waals surface area contributed by atoms with E-state index in [1.54, 1.807) is 21.0 Å². The number of aliphatic hydroxyl groups excluding tert-OH is 2. The van der Waals surface area contributed by atoms with Gasteiger partial charge in [-0.2, -0.15) is 0 Å². The number of fused-ring (bicyclic) bond motifs is 3. The molecule has 0 heterocycles. The number of nitrogens with one attached hydrogen (secondary N) is 1. The molecule has 35 heavy (non-hydrogen) atoms. The smallest absolute Gasteiger partial charge is 0.255 e. The van der Waals surface area contributed by atoms with E-state index in [-0.39, 0.29) is 29.7 Å². The van der Waals surface area contributed by atoms with Gasteiger partial charge < -0.3 is 31.5 Å². The van der Waals surface area contributed by atoms with E-state index >= 15 is 0 Å². The zero-order chi connectivity index (χ0) is 26.0. The number of hydrogen-bond donors (Lipinski definition) is 6. The van der Waals surface area contributed by atoms with Gasteiger partial charge in [-0.3, -0.25) is 19.3 Å². The maximum atomic E-state index is 13.5. The van der Waals surface area contributed by atoms with Crippen molar-refractivity contribution in [3.63, 3.8) is 0 Å². The maximum Gasteiger partial charge on any atom is 0.255 e. The lowest BCUT2D eigenvalue weighted by Crippen LogP contribution is -2.63. The number of nitrogens with zero attached hydrogens (tertiary/aromatic N) is 1. The number of alkyl halides is 1. The molecule has 1 aromatic carbocycles. The number of amides is 1. The standard InChI is InChI=1S/C24H28FN3O7/c1-9(8-25)27-13-4-5-14(29)16-11(13)6-10-7-12-18(28(2)3)20(31)17(23(26)34)22(33)24(12,35)21(32)15(10)19(16)30/h4-5,9-10,12,18,27,29,31-32,35H,6-8H2,1-3H3,(H2,26,34)/t9?,10-,12-,18?,24-/m0/s1. The van der Waals surface area contributed by atoms with Crippen LogP contribution >= 0.6 is 0 Å². The van der Waals surface area contributed by atoms with Crippen LogP contribution < -0.4 is 11.1 Å². The molecule has 7 N–H and O–H groups in total. The van der Waals surface area contributed by atoms with E-state index < -0.39 is 70.8 Å². The molecule has 5 atom stereocenters. The third-order valence-electron chi connectivity index (χ3n) is 7.24. The highest BCUT2D eigenvalue weighted by Gasteiger charge is 2.63. The van der Waals surface area contributed by atoms with Gasteiger partial charge in [0.2, 0.25) is 5.78 Å². The average molecular weight is 490 g/mol. The quantitative estimate of drug-likeness (QED) is 0.259. The van der Waals surface area contributed by atoms with Gasteiger partial charge in [-0.05, 0) is 57.5 Å². The highest BCUT2D eigenvalue weighted by Crippen LogP contribution is 2.52. The van der Waals surface area contributed by atoms with Crippen molar-refractivity contribution < 1.29 is 39.2 Å². The number of aliphatic hydroxyl groups is 3. The van der Waals surface area contributed by atoms with E-state index in [2.05, 4.69) is 5.32 Å². The largest absolute Gasteiger partial charge is 0.510 e. The van der Waals surface area contributed by atoms with E-state index in [1.807, 2.05) is 0 Å². The highest BCUT2D eigenvalue weighted by atomic mass is 19.1. The number of carbonyl (C=O) groups excluding carboxylic acids is 3. The van der Waals surface area contributed by atoms with Gasteiger partial charge in [0.1, 0.15) is 29.5 Å². The number of primary amides is 1. The Morgan fingerprint density at radius 1 is 1.29 bits per heavy atom. The van der Waals surface area contributed by atoms with Crippen LogP contribution in [0.1, 0.15) is 29.3 Å². The fourth-order valence-electron chi connectivity index (χ4n) is 5.69. The molecule has 0 aliphatic heterocycles. The summed E-state index contributed by atoms with van der Waals surface area (Å²) >= 11 is 0. The van der Waals surface area contributed by atoms with Gasteiger partial charge in [-0.1, -0.05) is 0 Å². The van der Waals surface area contributed by atoms with E-state index in [0.29, 0.717) is 11.3 Å². The third-order valence-corrected chi connectivity index (χ3v) is 7.24. The number of nitrogens with two attached hydrogens (primary N) is 1. The van der Waals surface area contributed by atoms with Crippen LogP contribution in [-0.2, 0) is 16.0 Å². The van der Waals surface area contributed by atoms with Crippen LogP contribution in [0.15, 0.2) is 34.8 Å². The molecule has 0 aromatic heterocycles. The predicted octanol–water partition coefficient (Wildman–Crippen LogP) is 0.890. The fourth-order valence-corrected chi connectivity index (χ4v) is 5.69. The summed E-state index contributed by atoms with van der Waals surface area (Å²) < 4.78 is 13.1. The van der Waals surface area contributed by atoms with Crippen molar-refractivity contribution in [1.82, 2.24) is 4.90 Å². The summed E-state index contributed by atoms with van der Waals surface area (Å²) in [4.78, 5) is 40.2. The monoisotopic (exact) mass is 489 g/mol. The molecule has 0 saturated heterocycles. The number of phenolic OH excluding ortho intramolecular Hbond substituents is 1. The minimum atomic E-state index is -2.68. The van der Waals surface area contributed by atoms with Gasteiger partial charge in [-0.15, -0.1) is 0 Å². The molecule has 0 spiro atoms. The maximum absolute atomic E-state index is 13.5. The minimum absolute atomic E-state index is 0.0144. The number of Topliss-reactive ketones (excluding diaryl/α,β-unsaturated/α-hetero) is 2. The Bertz CT molecular complexity index is 1210. The lowest BCUT2D eigenvalue weighted by molar-refractivity contribution is -0.148. The number of anilines is 1. The van der Waals surface area contributed by atoms with Gasteiger partial charge in [0.05, 0.1) is 17.6 Å². The van der Waals surface area contributed by atoms with Crippen molar-refractivity contribution in [2.24, 2.45) is 17.6 Å². The summed E-state index contributed by atoms with van der Waals surface area (Å²) in [6, 6.07) is 1.17. The van der Waals surface area contributed by atoms with E-state index in [0.717, 1.165) is 0 Å². The summed E-state index contributed by atoms with van der Waals surface area (Å²) in [5, 5.41) is 47.0. The van der Waals surface area contributed by atoms with Crippen LogP contribution in [0.3, 0.4) is 0 Å². The lowest BCUT2D eigenvalue weighted by Gasteiger charge is -2.50. The second-order valence-corrected chi connectivity index (χ2v) is 9.65. The zero-order valence-electron chi connectivity index (χ0n) is 19.5. The first-order chi connectivity index (χ1) is 16.4. The molecule has 0 radical (unpaired) electrons. The first kappa shape index (κ1) is 24.7. The number of likely N-dealkylation sites (N-methyl/N-ethyl adjacent to an activating group) is 1. The second-order valence-electron chi connectivity index (χ2n) is 9.65. The normalized spacial score (nSPS) is 29.0. The van der Waals surface area contributed by atoms with Crippen molar-refractivity contribution in [3.8, 4) is 5.75 Å². The number of ketones is 2. The average Bonchev–Trinajstić information content (AvgIpc) is 2.77. The first-order valence-electron chi connectivity index (χ1n) is 11.2. The summed E-state index contributed by atoms with van der Waals surface area (Å²) in [6.07, 6.45) is 0.115. The van der Waals surface area contributed by atoms with Gasteiger partial charge in [0.15, 0.2) is 11.4 Å². The summed E-state index contributed by atoms with van der Waals surface area (Å²) in [5.41, 5.74) is 2.27. The number of benzene rings is 1. The van der Waals surface area contributed by atoms with Gasteiger partial charge in [0, 0.05) is 17.2 Å². The predicted molar refractivity (Wildman–Crippen MR) is 123 cm³/mol. The highest BCUT2D eigenvalue weighted by molar-refractivity contribution is 6.24. The van der Waals surface area contributed by atoms with Crippen LogP contribution in [0.25, 0.3) is 0 Å². The van der Waals surface area contributed by atoms with E-state index in [4.69, 9.17) is 5.73 Å². The number of hydrogen-bond acceptors (Lipinski definition) is 9. The van der Waals surface area contributed by atoms with Crippen LogP contribution in [-0.4, -0.2) is 81.3 Å². The molecule has 0 fully saturated rings. The van der Waals surface area contributed by atoms with E-state index in [9.17, 15) is 39.2 Å². The van der Waals surface area contributed by atoms with E-state index in [1.165, 1.54) is 17.0 Å². The molecule has 0 bridgehead atoms. The molecular formula is C24H28FN3O7. The first-order valence-corrected chi connectivity index (χ1v) is 11.2. The molecule has 1 aromatic rings. The summed E-state index contributed by atoms with van der Waals surface area (Å²) in [7, 11) is 3.12. The topological polar surface area (TPSA) is 173 Å². The number of halogens is 1. The van der Waals surface area contributed by atoms with Gasteiger partial charge in [-0.25, -0.2) is 4.39 Å². The molecule has 3 aliphatic carbocycles. The number of phenols is 1. The number of aromatic hydroxyl groups is 1. The van der Waals surface area contributed by atoms with Crippen LogP contribution in [0.2, 0.25) is 0 Å². The lowest BCUT2D eigenvalue weighted by atomic mass is 9.58. The Morgan fingerprint density at radius 2 is 1.94 bits per heavy atom. The Labute approximate surface area is 200 Å².